The Morgan fingerprint density at radius 1 is 1.26 bits per heavy atom. The van der Waals surface area contributed by atoms with Gasteiger partial charge in [0, 0.05) is 19.3 Å². The van der Waals surface area contributed by atoms with Gasteiger partial charge in [-0.2, -0.15) is 10.2 Å². The SMILES string of the molecule is CCOc1cc(CNCc2cccnn2)ccc1O. The highest BCUT2D eigenvalue weighted by atomic mass is 16.5. The summed E-state index contributed by atoms with van der Waals surface area (Å²) in [4.78, 5) is 0. The van der Waals surface area contributed by atoms with E-state index in [0.717, 1.165) is 11.3 Å². The van der Waals surface area contributed by atoms with Crippen molar-refractivity contribution in [3.63, 3.8) is 0 Å². The zero-order valence-corrected chi connectivity index (χ0v) is 10.8. The molecular weight excluding hydrogens is 242 g/mol. The first-order valence-corrected chi connectivity index (χ1v) is 6.21. The fourth-order valence-corrected chi connectivity index (χ4v) is 1.70. The Morgan fingerprint density at radius 2 is 2.16 bits per heavy atom. The van der Waals surface area contributed by atoms with E-state index < -0.39 is 0 Å². The molecule has 1 aromatic carbocycles. The van der Waals surface area contributed by atoms with Gasteiger partial charge in [-0.15, -0.1) is 0 Å². The Morgan fingerprint density at radius 3 is 2.89 bits per heavy atom. The number of nitrogens with one attached hydrogen (secondary N) is 1. The van der Waals surface area contributed by atoms with Crippen LogP contribution in [0.5, 0.6) is 11.5 Å². The Bertz CT molecular complexity index is 517. The summed E-state index contributed by atoms with van der Waals surface area (Å²) in [6.07, 6.45) is 1.65. The zero-order chi connectivity index (χ0) is 13.5. The summed E-state index contributed by atoms with van der Waals surface area (Å²) in [5.74, 6) is 0.681. The summed E-state index contributed by atoms with van der Waals surface area (Å²) in [5.41, 5.74) is 1.94. The van der Waals surface area contributed by atoms with Crippen LogP contribution >= 0.6 is 0 Å². The first kappa shape index (κ1) is 13.3. The van der Waals surface area contributed by atoms with E-state index >= 15 is 0 Å². The Balaban J connectivity index is 1.91. The van der Waals surface area contributed by atoms with Crippen molar-refractivity contribution in [1.29, 1.82) is 0 Å². The molecule has 1 aromatic heterocycles. The van der Waals surface area contributed by atoms with Gasteiger partial charge in [0.1, 0.15) is 0 Å². The maximum atomic E-state index is 9.61. The van der Waals surface area contributed by atoms with E-state index in [1.54, 1.807) is 12.3 Å². The highest BCUT2D eigenvalue weighted by Crippen LogP contribution is 2.26. The maximum Gasteiger partial charge on any atom is 0.161 e. The predicted molar refractivity (Wildman–Crippen MR) is 71.9 cm³/mol. The molecule has 0 saturated carbocycles. The molecule has 0 radical (unpaired) electrons. The van der Waals surface area contributed by atoms with Gasteiger partial charge < -0.3 is 15.2 Å². The highest BCUT2D eigenvalue weighted by Gasteiger charge is 2.03. The molecule has 0 unspecified atom stereocenters. The highest BCUT2D eigenvalue weighted by molar-refractivity contribution is 5.41. The number of phenolic OH excluding ortho intramolecular Hbond substituents is 1. The summed E-state index contributed by atoms with van der Waals surface area (Å²) in [5, 5.41) is 20.7. The van der Waals surface area contributed by atoms with Gasteiger partial charge in [0.25, 0.3) is 0 Å². The molecular formula is C14H17N3O2. The van der Waals surface area contributed by atoms with E-state index in [4.69, 9.17) is 4.74 Å². The summed E-state index contributed by atoms with van der Waals surface area (Å²) in [6.45, 7) is 3.75. The molecule has 0 aliphatic heterocycles. The van der Waals surface area contributed by atoms with Crippen LogP contribution in [0.4, 0.5) is 0 Å². The molecule has 0 saturated heterocycles. The van der Waals surface area contributed by atoms with Crippen LogP contribution in [0.25, 0.3) is 0 Å². The van der Waals surface area contributed by atoms with Gasteiger partial charge in [0.05, 0.1) is 12.3 Å². The van der Waals surface area contributed by atoms with Crippen molar-refractivity contribution in [3.8, 4) is 11.5 Å². The smallest absolute Gasteiger partial charge is 0.161 e. The zero-order valence-electron chi connectivity index (χ0n) is 10.8. The van der Waals surface area contributed by atoms with Gasteiger partial charge in [-0.25, -0.2) is 0 Å². The quantitative estimate of drug-likeness (QED) is 0.829. The van der Waals surface area contributed by atoms with Crippen LogP contribution in [0.3, 0.4) is 0 Å². The Kier molecular flexibility index (Phi) is 4.69. The number of aromatic hydroxyl groups is 1. The van der Waals surface area contributed by atoms with Gasteiger partial charge in [-0.1, -0.05) is 6.07 Å². The third-order valence-corrected chi connectivity index (χ3v) is 2.59. The van der Waals surface area contributed by atoms with Crippen molar-refractivity contribution in [2.24, 2.45) is 0 Å². The number of benzene rings is 1. The lowest BCUT2D eigenvalue weighted by molar-refractivity contribution is 0.317. The number of ether oxygens (including phenoxy) is 1. The second-order valence-corrected chi connectivity index (χ2v) is 4.05. The largest absolute Gasteiger partial charge is 0.504 e. The topological polar surface area (TPSA) is 67.3 Å². The monoisotopic (exact) mass is 259 g/mol. The minimum absolute atomic E-state index is 0.166. The number of aromatic nitrogens is 2. The number of phenols is 1. The summed E-state index contributed by atoms with van der Waals surface area (Å²) in [6, 6.07) is 9.12. The molecule has 5 nitrogen and oxygen atoms in total. The van der Waals surface area contributed by atoms with E-state index in [1.807, 2.05) is 31.2 Å². The number of hydrogen-bond donors (Lipinski definition) is 2. The van der Waals surface area contributed by atoms with Crippen LogP contribution in [-0.4, -0.2) is 21.9 Å². The maximum absolute atomic E-state index is 9.61. The van der Waals surface area contributed by atoms with E-state index in [0.29, 0.717) is 25.4 Å². The van der Waals surface area contributed by atoms with E-state index in [1.165, 1.54) is 0 Å². The summed E-state index contributed by atoms with van der Waals surface area (Å²) in [7, 11) is 0. The molecule has 2 N–H and O–H groups in total. The van der Waals surface area contributed by atoms with Gasteiger partial charge in [-0.05, 0) is 36.8 Å². The van der Waals surface area contributed by atoms with Crippen LogP contribution in [-0.2, 0) is 13.1 Å². The van der Waals surface area contributed by atoms with Crippen LogP contribution in [0.15, 0.2) is 36.5 Å². The Labute approximate surface area is 112 Å². The molecule has 0 aliphatic rings. The van der Waals surface area contributed by atoms with Crippen molar-refractivity contribution >= 4 is 0 Å². The summed E-state index contributed by atoms with van der Waals surface area (Å²) >= 11 is 0. The van der Waals surface area contributed by atoms with Gasteiger partial charge in [-0.3, -0.25) is 0 Å². The number of nitrogens with zero attached hydrogens (tertiary/aromatic N) is 2. The number of rotatable bonds is 6. The van der Waals surface area contributed by atoms with E-state index in [2.05, 4.69) is 15.5 Å². The lowest BCUT2D eigenvalue weighted by atomic mass is 10.2. The molecule has 0 bridgehead atoms. The first-order chi connectivity index (χ1) is 9.29. The minimum atomic E-state index is 0.166. The van der Waals surface area contributed by atoms with Crippen LogP contribution in [0.2, 0.25) is 0 Å². The summed E-state index contributed by atoms with van der Waals surface area (Å²) < 4.78 is 5.34. The fraction of sp³-hybridized carbons (Fsp3) is 0.286. The molecule has 0 spiro atoms. The molecule has 2 rings (SSSR count). The van der Waals surface area contributed by atoms with Crippen molar-refractivity contribution in [2.75, 3.05) is 6.61 Å². The molecule has 0 atom stereocenters. The molecule has 5 heteroatoms. The fourth-order valence-electron chi connectivity index (χ4n) is 1.70. The van der Waals surface area contributed by atoms with Gasteiger partial charge in [0.2, 0.25) is 0 Å². The molecule has 0 fully saturated rings. The predicted octanol–water partition coefficient (Wildman–Crippen LogP) is 1.87. The van der Waals surface area contributed by atoms with Crippen molar-refractivity contribution < 1.29 is 9.84 Å². The van der Waals surface area contributed by atoms with Gasteiger partial charge >= 0.3 is 0 Å². The van der Waals surface area contributed by atoms with Crippen molar-refractivity contribution in [1.82, 2.24) is 15.5 Å². The van der Waals surface area contributed by atoms with E-state index in [-0.39, 0.29) is 5.75 Å². The molecule has 0 amide bonds. The Hall–Kier alpha value is -2.14. The van der Waals surface area contributed by atoms with Crippen LogP contribution in [0.1, 0.15) is 18.2 Å². The van der Waals surface area contributed by atoms with Crippen molar-refractivity contribution in [2.45, 2.75) is 20.0 Å². The number of hydrogen-bond acceptors (Lipinski definition) is 5. The van der Waals surface area contributed by atoms with Crippen LogP contribution in [0, 0.1) is 0 Å². The van der Waals surface area contributed by atoms with Gasteiger partial charge in [0.15, 0.2) is 11.5 Å². The third-order valence-electron chi connectivity index (χ3n) is 2.59. The lowest BCUT2D eigenvalue weighted by Crippen LogP contribution is -2.14. The minimum Gasteiger partial charge on any atom is -0.504 e. The van der Waals surface area contributed by atoms with Crippen LogP contribution < -0.4 is 10.1 Å². The molecule has 100 valence electrons. The lowest BCUT2D eigenvalue weighted by Gasteiger charge is -2.09. The third kappa shape index (κ3) is 3.93. The molecule has 2 aromatic rings. The molecule has 1 heterocycles. The standard InChI is InChI=1S/C14H17N3O2/c1-2-19-14-8-11(5-6-13(14)18)9-15-10-12-4-3-7-16-17-12/h3-8,15,18H,2,9-10H2,1H3. The van der Waals surface area contributed by atoms with E-state index in [9.17, 15) is 5.11 Å². The average Bonchev–Trinajstić information content (AvgIpc) is 2.44. The second kappa shape index (κ2) is 6.70. The normalized spacial score (nSPS) is 10.4. The second-order valence-electron chi connectivity index (χ2n) is 4.05. The molecule has 0 aliphatic carbocycles. The van der Waals surface area contributed by atoms with Crippen molar-refractivity contribution in [3.05, 3.63) is 47.8 Å². The average molecular weight is 259 g/mol. The molecule has 19 heavy (non-hydrogen) atoms. The first-order valence-electron chi connectivity index (χ1n) is 6.21.